The Kier molecular flexibility index (Phi) is 6.14. The van der Waals surface area contributed by atoms with Crippen LogP contribution in [0.4, 0.5) is 5.82 Å². The molecule has 1 aromatic heterocycles. The van der Waals surface area contributed by atoms with E-state index in [9.17, 15) is 9.59 Å². The van der Waals surface area contributed by atoms with Gasteiger partial charge in [-0.25, -0.2) is 4.98 Å². The molecule has 0 spiro atoms. The highest BCUT2D eigenvalue weighted by molar-refractivity contribution is 5.98. The molecule has 21 heavy (non-hydrogen) atoms. The van der Waals surface area contributed by atoms with Crippen molar-refractivity contribution in [3.8, 4) is 0 Å². The predicted molar refractivity (Wildman–Crippen MR) is 83.1 cm³/mol. The summed E-state index contributed by atoms with van der Waals surface area (Å²) < 4.78 is 0. The molecule has 0 bridgehead atoms. The maximum Gasteiger partial charge on any atom is 0.252 e. The normalized spacial score (nSPS) is 12.0. The Balaban J connectivity index is 3.00. The Morgan fingerprint density at radius 1 is 1.29 bits per heavy atom. The third-order valence-corrected chi connectivity index (χ3v) is 3.12. The minimum atomic E-state index is -0.682. The topological polar surface area (TPSA) is 97.1 Å². The van der Waals surface area contributed by atoms with E-state index < -0.39 is 11.9 Å². The van der Waals surface area contributed by atoms with Crippen LogP contribution >= 0.6 is 0 Å². The monoisotopic (exact) mass is 292 g/mol. The van der Waals surface area contributed by atoms with Crippen LogP contribution in [-0.2, 0) is 11.2 Å². The fourth-order valence-electron chi connectivity index (χ4n) is 1.96. The highest BCUT2D eigenvalue weighted by atomic mass is 16.2. The maximum absolute atomic E-state index is 12.3. The third kappa shape index (κ3) is 4.73. The lowest BCUT2D eigenvalue weighted by Gasteiger charge is -2.19. The van der Waals surface area contributed by atoms with Gasteiger partial charge in [0.15, 0.2) is 0 Å². The second kappa shape index (κ2) is 7.61. The first kappa shape index (κ1) is 16.9. The molecule has 6 heteroatoms. The molecule has 4 N–H and O–H groups in total. The highest BCUT2D eigenvalue weighted by Crippen LogP contribution is 2.12. The number of amides is 2. The summed E-state index contributed by atoms with van der Waals surface area (Å²) >= 11 is 0. The molecule has 6 nitrogen and oxygen atoms in total. The number of primary amides is 1. The van der Waals surface area contributed by atoms with E-state index >= 15 is 0 Å². The summed E-state index contributed by atoms with van der Waals surface area (Å²) in [5, 5.41) is 5.78. The van der Waals surface area contributed by atoms with Crippen molar-refractivity contribution in [2.75, 3.05) is 11.9 Å². The van der Waals surface area contributed by atoms with E-state index in [1.165, 1.54) is 0 Å². The zero-order valence-electron chi connectivity index (χ0n) is 13.1. The van der Waals surface area contributed by atoms with Crippen molar-refractivity contribution in [3.05, 3.63) is 23.4 Å². The van der Waals surface area contributed by atoms with Gasteiger partial charge < -0.3 is 16.4 Å². The van der Waals surface area contributed by atoms with Gasteiger partial charge in [-0.3, -0.25) is 9.59 Å². The first-order chi connectivity index (χ1) is 9.88. The zero-order valence-corrected chi connectivity index (χ0v) is 13.1. The summed E-state index contributed by atoms with van der Waals surface area (Å²) in [6.07, 6.45) is 0.725. The van der Waals surface area contributed by atoms with Crippen LogP contribution < -0.4 is 16.4 Å². The Labute approximate surface area is 125 Å². The molecule has 1 atom stereocenters. The number of pyridine rings is 1. The first-order valence-corrected chi connectivity index (χ1v) is 7.24. The van der Waals surface area contributed by atoms with Gasteiger partial charge in [0.25, 0.3) is 5.91 Å². The summed E-state index contributed by atoms with van der Waals surface area (Å²) in [6.45, 7) is 8.33. The van der Waals surface area contributed by atoms with E-state index in [4.69, 9.17) is 5.73 Å². The number of hydrogen-bond donors (Lipinski definition) is 3. The molecule has 2 amide bonds. The summed E-state index contributed by atoms with van der Waals surface area (Å²) in [5.41, 5.74) is 6.61. The number of nitrogens with zero attached hydrogens (tertiary/aromatic N) is 1. The summed E-state index contributed by atoms with van der Waals surface area (Å²) in [6, 6.07) is 2.73. The van der Waals surface area contributed by atoms with Crippen LogP contribution in [0, 0.1) is 5.92 Å². The smallest absolute Gasteiger partial charge is 0.252 e. The van der Waals surface area contributed by atoms with E-state index in [1.807, 2.05) is 27.7 Å². The number of rotatable bonds is 7. The van der Waals surface area contributed by atoms with Crippen molar-refractivity contribution in [2.45, 2.75) is 40.2 Å². The lowest BCUT2D eigenvalue weighted by molar-refractivity contribution is -0.120. The lowest BCUT2D eigenvalue weighted by atomic mass is 10.0. The number of nitrogens with two attached hydrogens (primary N) is 1. The molecule has 1 rings (SSSR count). The van der Waals surface area contributed by atoms with Crippen molar-refractivity contribution in [1.29, 1.82) is 0 Å². The van der Waals surface area contributed by atoms with E-state index in [-0.39, 0.29) is 11.8 Å². The molecule has 1 aromatic rings. The van der Waals surface area contributed by atoms with Crippen LogP contribution in [0.3, 0.4) is 0 Å². The second-order valence-electron chi connectivity index (χ2n) is 5.21. The number of hydrogen-bond acceptors (Lipinski definition) is 4. The highest BCUT2D eigenvalue weighted by Gasteiger charge is 2.22. The van der Waals surface area contributed by atoms with Crippen molar-refractivity contribution in [3.63, 3.8) is 0 Å². The molecule has 0 saturated heterocycles. The molecule has 0 aromatic carbocycles. The number of aryl methyl sites for hydroxylation is 1. The van der Waals surface area contributed by atoms with Gasteiger partial charge in [0.05, 0.1) is 0 Å². The van der Waals surface area contributed by atoms with E-state index in [1.54, 1.807) is 12.1 Å². The van der Waals surface area contributed by atoms with Crippen molar-refractivity contribution in [2.24, 2.45) is 11.7 Å². The van der Waals surface area contributed by atoms with Crippen molar-refractivity contribution < 1.29 is 9.59 Å². The quantitative estimate of drug-likeness (QED) is 0.706. The molecule has 0 aliphatic heterocycles. The van der Waals surface area contributed by atoms with E-state index in [0.717, 1.165) is 18.7 Å². The van der Waals surface area contributed by atoms with Crippen LogP contribution in [0.15, 0.2) is 12.1 Å². The number of carbonyl (C=O) groups excluding carboxylic acids is 2. The van der Waals surface area contributed by atoms with Crippen LogP contribution in [0.5, 0.6) is 0 Å². The van der Waals surface area contributed by atoms with Gasteiger partial charge in [-0.05, 0) is 31.4 Å². The standard InChI is InChI=1S/C15H24N4O2/c1-5-11-7-10(8-12(18-11)17-6-2)15(21)19-13(9(3)4)14(16)20/h7-9,13H,5-6H2,1-4H3,(H2,16,20)(H,17,18)(H,19,21). The molecular weight excluding hydrogens is 268 g/mol. The van der Waals surface area contributed by atoms with Crippen LogP contribution in [0.25, 0.3) is 0 Å². The number of carbonyl (C=O) groups is 2. The number of anilines is 1. The maximum atomic E-state index is 12.3. The van der Waals surface area contributed by atoms with E-state index in [0.29, 0.717) is 11.4 Å². The van der Waals surface area contributed by atoms with Gasteiger partial charge in [-0.2, -0.15) is 0 Å². The molecule has 1 heterocycles. The summed E-state index contributed by atoms with van der Waals surface area (Å²) in [4.78, 5) is 28.1. The summed E-state index contributed by atoms with van der Waals surface area (Å²) in [7, 11) is 0. The van der Waals surface area contributed by atoms with Gasteiger partial charge in [0, 0.05) is 17.8 Å². The van der Waals surface area contributed by atoms with Crippen molar-refractivity contribution in [1.82, 2.24) is 10.3 Å². The van der Waals surface area contributed by atoms with Crippen LogP contribution in [-0.4, -0.2) is 29.4 Å². The average Bonchev–Trinajstić information content (AvgIpc) is 2.43. The molecule has 0 fully saturated rings. The lowest BCUT2D eigenvalue weighted by Crippen LogP contribution is -2.47. The van der Waals surface area contributed by atoms with E-state index in [2.05, 4.69) is 15.6 Å². The van der Waals surface area contributed by atoms with Gasteiger partial charge in [0.2, 0.25) is 5.91 Å². The SMILES string of the molecule is CCNc1cc(C(=O)NC(C(N)=O)C(C)C)cc(CC)n1. The second-order valence-corrected chi connectivity index (χ2v) is 5.21. The predicted octanol–water partition coefficient (Wildman–Crippen LogP) is 1.32. The summed E-state index contributed by atoms with van der Waals surface area (Å²) in [5.74, 6) is -0.256. The largest absolute Gasteiger partial charge is 0.370 e. The fraction of sp³-hybridized carbons (Fsp3) is 0.533. The minimum Gasteiger partial charge on any atom is -0.370 e. The minimum absolute atomic E-state index is 0.0628. The van der Waals surface area contributed by atoms with Crippen LogP contribution in [0.1, 0.15) is 43.7 Å². The Morgan fingerprint density at radius 2 is 1.95 bits per heavy atom. The molecule has 0 aliphatic rings. The number of aromatic nitrogens is 1. The molecule has 0 aliphatic carbocycles. The third-order valence-electron chi connectivity index (χ3n) is 3.12. The molecule has 0 radical (unpaired) electrons. The van der Waals surface area contributed by atoms with Crippen molar-refractivity contribution >= 4 is 17.6 Å². The Hall–Kier alpha value is -2.11. The first-order valence-electron chi connectivity index (χ1n) is 7.24. The average molecular weight is 292 g/mol. The van der Waals surface area contributed by atoms with Gasteiger partial charge in [0.1, 0.15) is 11.9 Å². The number of nitrogens with one attached hydrogen (secondary N) is 2. The molecule has 1 unspecified atom stereocenters. The molecular formula is C15H24N4O2. The molecule has 0 saturated carbocycles. The molecule has 116 valence electrons. The van der Waals surface area contributed by atoms with Gasteiger partial charge in [-0.15, -0.1) is 0 Å². The zero-order chi connectivity index (χ0) is 16.0. The fourth-order valence-corrected chi connectivity index (χ4v) is 1.96. The Morgan fingerprint density at radius 3 is 2.43 bits per heavy atom. The Bertz CT molecular complexity index is 514. The van der Waals surface area contributed by atoms with Gasteiger partial charge in [-0.1, -0.05) is 20.8 Å². The van der Waals surface area contributed by atoms with Gasteiger partial charge >= 0.3 is 0 Å². The van der Waals surface area contributed by atoms with Crippen LogP contribution in [0.2, 0.25) is 0 Å².